The van der Waals surface area contributed by atoms with Gasteiger partial charge in [0, 0.05) is 39.7 Å². The zero-order valence-corrected chi connectivity index (χ0v) is 20.2. The third kappa shape index (κ3) is 4.75. The number of fused-ring (bicyclic) bond motifs is 2. The Labute approximate surface area is 208 Å². The summed E-state index contributed by atoms with van der Waals surface area (Å²) >= 11 is 3.43. The number of carboxylic acid groups (broad SMARTS) is 1. The first-order chi connectivity index (χ1) is 16.9. The minimum atomic E-state index is -0.979. The summed E-state index contributed by atoms with van der Waals surface area (Å²) in [6, 6.07) is 13.4. The van der Waals surface area contributed by atoms with Gasteiger partial charge in [-0.2, -0.15) is 0 Å². The van der Waals surface area contributed by atoms with E-state index in [1.54, 1.807) is 18.2 Å². The Morgan fingerprint density at radius 3 is 2.83 bits per heavy atom. The van der Waals surface area contributed by atoms with Crippen LogP contribution in [0.2, 0.25) is 0 Å². The van der Waals surface area contributed by atoms with Gasteiger partial charge in [-0.1, -0.05) is 15.9 Å². The van der Waals surface area contributed by atoms with Crippen LogP contribution in [0.3, 0.4) is 0 Å². The van der Waals surface area contributed by atoms with Crippen LogP contribution >= 0.6 is 15.9 Å². The summed E-state index contributed by atoms with van der Waals surface area (Å²) in [7, 11) is 0. The van der Waals surface area contributed by atoms with Gasteiger partial charge in [-0.25, -0.2) is 9.18 Å². The SMILES string of the molecule is NCCc1cn(Cc2cc(Br)ccc2C(=O)O)c2ccc(Oc3cc(F)cc4c3OCOC4)cc12. The molecule has 1 aliphatic heterocycles. The van der Waals surface area contributed by atoms with Crippen LogP contribution in [-0.4, -0.2) is 29.0 Å². The fourth-order valence-electron chi connectivity index (χ4n) is 4.33. The van der Waals surface area contributed by atoms with Crippen LogP contribution in [0.4, 0.5) is 4.39 Å². The van der Waals surface area contributed by atoms with Gasteiger partial charge >= 0.3 is 5.97 Å². The fourth-order valence-corrected chi connectivity index (χ4v) is 4.74. The lowest BCUT2D eigenvalue weighted by Crippen LogP contribution is -2.12. The number of halogens is 2. The summed E-state index contributed by atoms with van der Waals surface area (Å²) in [4.78, 5) is 11.7. The van der Waals surface area contributed by atoms with E-state index in [0.717, 1.165) is 20.9 Å². The van der Waals surface area contributed by atoms with Crippen molar-refractivity contribution in [3.63, 3.8) is 0 Å². The van der Waals surface area contributed by atoms with E-state index < -0.39 is 11.8 Å². The Hall–Kier alpha value is -3.40. The lowest BCUT2D eigenvalue weighted by molar-refractivity contribution is -0.0179. The molecule has 1 aliphatic rings. The zero-order chi connectivity index (χ0) is 24.5. The maximum absolute atomic E-state index is 14.1. The predicted octanol–water partition coefficient (Wildman–Crippen LogP) is 5.45. The molecule has 0 radical (unpaired) electrons. The lowest BCUT2D eigenvalue weighted by atomic mass is 10.1. The molecule has 35 heavy (non-hydrogen) atoms. The molecule has 3 N–H and O–H groups in total. The number of hydrogen-bond donors (Lipinski definition) is 2. The highest BCUT2D eigenvalue weighted by Gasteiger charge is 2.20. The van der Waals surface area contributed by atoms with Crippen molar-refractivity contribution in [1.29, 1.82) is 0 Å². The summed E-state index contributed by atoms with van der Waals surface area (Å²) in [6.45, 7) is 1.14. The van der Waals surface area contributed by atoms with Crippen LogP contribution in [0.15, 0.2) is 59.2 Å². The highest BCUT2D eigenvalue weighted by Crippen LogP contribution is 2.39. The van der Waals surface area contributed by atoms with E-state index in [1.807, 2.05) is 29.0 Å². The maximum atomic E-state index is 14.1. The average Bonchev–Trinajstić information content (AvgIpc) is 3.15. The van der Waals surface area contributed by atoms with E-state index in [0.29, 0.717) is 42.1 Å². The Kier molecular flexibility index (Phi) is 6.46. The number of aromatic carboxylic acids is 1. The standard InChI is InChI=1S/C26H22BrFN2O5/c27-18-1-3-21(26(31)32)16(7-18)12-30-11-15(5-6-29)22-10-20(2-4-23(22)30)35-24-9-19(28)8-17-13-33-14-34-25(17)24/h1-4,7-11H,5-6,12-14,29H2,(H,31,32). The molecule has 0 fully saturated rings. The number of nitrogens with two attached hydrogens (primary N) is 1. The van der Waals surface area contributed by atoms with Crippen molar-refractivity contribution in [2.24, 2.45) is 5.73 Å². The highest BCUT2D eigenvalue weighted by molar-refractivity contribution is 9.10. The summed E-state index contributed by atoms with van der Waals surface area (Å²) in [5, 5.41) is 10.5. The molecule has 0 amide bonds. The third-order valence-electron chi connectivity index (χ3n) is 5.86. The molecule has 0 atom stereocenters. The summed E-state index contributed by atoms with van der Waals surface area (Å²) in [5.74, 6) is -0.152. The van der Waals surface area contributed by atoms with E-state index in [4.69, 9.17) is 19.9 Å². The first kappa shape index (κ1) is 23.3. The van der Waals surface area contributed by atoms with Crippen LogP contribution in [0.5, 0.6) is 17.2 Å². The molecule has 4 aromatic rings. The number of aromatic nitrogens is 1. The average molecular weight is 541 g/mol. The van der Waals surface area contributed by atoms with Crippen molar-refractivity contribution in [3.8, 4) is 17.2 Å². The Morgan fingerprint density at radius 1 is 1.17 bits per heavy atom. The molecular weight excluding hydrogens is 519 g/mol. The summed E-state index contributed by atoms with van der Waals surface area (Å²) in [6.07, 6.45) is 2.62. The molecule has 1 aromatic heterocycles. The van der Waals surface area contributed by atoms with E-state index in [-0.39, 0.29) is 24.7 Å². The van der Waals surface area contributed by atoms with Gasteiger partial charge < -0.3 is 29.6 Å². The first-order valence-corrected chi connectivity index (χ1v) is 11.8. The van der Waals surface area contributed by atoms with E-state index in [1.165, 1.54) is 12.1 Å². The number of hydrogen-bond acceptors (Lipinski definition) is 5. The van der Waals surface area contributed by atoms with Crippen LogP contribution in [0.25, 0.3) is 10.9 Å². The van der Waals surface area contributed by atoms with Crippen LogP contribution in [0.1, 0.15) is 27.0 Å². The topological polar surface area (TPSA) is 95.9 Å². The molecule has 3 aromatic carbocycles. The van der Waals surface area contributed by atoms with Crippen LogP contribution in [-0.2, 0) is 24.3 Å². The summed E-state index contributed by atoms with van der Waals surface area (Å²) < 4.78 is 33.8. The van der Waals surface area contributed by atoms with Crippen molar-refractivity contribution in [2.75, 3.05) is 13.3 Å². The number of nitrogens with zero attached hydrogens (tertiary/aromatic N) is 1. The van der Waals surface area contributed by atoms with Crippen molar-refractivity contribution >= 4 is 32.8 Å². The second-order valence-corrected chi connectivity index (χ2v) is 9.13. The van der Waals surface area contributed by atoms with Gasteiger partial charge in [-0.3, -0.25) is 0 Å². The van der Waals surface area contributed by atoms with Crippen LogP contribution < -0.4 is 15.2 Å². The van der Waals surface area contributed by atoms with Crippen LogP contribution in [0, 0.1) is 5.82 Å². The molecule has 7 nitrogen and oxygen atoms in total. The quantitative estimate of drug-likeness (QED) is 0.323. The third-order valence-corrected chi connectivity index (χ3v) is 6.35. The molecule has 0 bridgehead atoms. The zero-order valence-electron chi connectivity index (χ0n) is 18.6. The van der Waals surface area contributed by atoms with E-state index in [2.05, 4.69) is 15.9 Å². The molecule has 0 aliphatic carbocycles. The van der Waals surface area contributed by atoms with Gasteiger partial charge in [-0.15, -0.1) is 0 Å². The molecule has 2 heterocycles. The van der Waals surface area contributed by atoms with Gasteiger partial charge in [-0.05, 0) is 66.6 Å². The Morgan fingerprint density at radius 2 is 2.03 bits per heavy atom. The fraction of sp³-hybridized carbons (Fsp3) is 0.192. The minimum Gasteiger partial charge on any atom is -0.478 e. The van der Waals surface area contributed by atoms with Gasteiger partial charge in [0.25, 0.3) is 0 Å². The van der Waals surface area contributed by atoms with Crippen molar-refractivity contribution in [3.05, 3.63) is 87.3 Å². The number of rotatable bonds is 7. The predicted molar refractivity (Wildman–Crippen MR) is 132 cm³/mol. The van der Waals surface area contributed by atoms with Crippen molar-refractivity contribution in [1.82, 2.24) is 4.57 Å². The van der Waals surface area contributed by atoms with Gasteiger partial charge in [0.05, 0.1) is 12.2 Å². The Bertz CT molecular complexity index is 1440. The number of benzene rings is 3. The molecular formula is C26H22BrFN2O5. The molecule has 0 spiro atoms. The van der Waals surface area contributed by atoms with Crippen molar-refractivity contribution < 1.29 is 28.5 Å². The number of carbonyl (C=O) groups is 1. The second-order valence-electron chi connectivity index (χ2n) is 8.21. The second kappa shape index (κ2) is 9.69. The first-order valence-electron chi connectivity index (χ1n) is 11.0. The van der Waals surface area contributed by atoms with E-state index >= 15 is 0 Å². The van der Waals surface area contributed by atoms with E-state index in [9.17, 15) is 14.3 Å². The smallest absolute Gasteiger partial charge is 0.336 e. The monoisotopic (exact) mass is 540 g/mol. The van der Waals surface area contributed by atoms with Gasteiger partial charge in [0.1, 0.15) is 11.6 Å². The number of carboxylic acids is 1. The normalized spacial score (nSPS) is 12.9. The molecule has 0 unspecified atom stereocenters. The molecule has 180 valence electrons. The molecule has 0 saturated carbocycles. The molecule has 0 saturated heterocycles. The Balaban J connectivity index is 1.53. The largest absolute Gasteiger partial charge is 0.478 e. The minimum absolute atomic E-state index is 0.0749. The van der Waals surface area contributed by atoms with Gasteiger partial charge in [0.15, 0.2) is 18.3 Å². The molecule has 9 heteroatoms. The lowest BCUT2D eigenvalue weighted by Gasteiger charge is -2.20. The van der Waals surface area contributed by atoms with Gasteiger partial charge in [0.2, 0.25) is 0 Å². The molecule has 5 rings (SSSR count). The maximum Gasteiger partial charge on any atom is 0.336 e. The summed E-state index contributed by atoms with van der Waals surface area (Å²) in [5.41, 5.74) is 9.28. The highest BCUT2D eigenvalue weighted by atomic mass is 79.9. The number of ether oxygens (including phenoxy) is 3. The van der Waals surface area contributed by atoms with Crippen molar-refractivity contribution in [2.45, 2.75) is 19.6 Å².